The summed E-state index contributed by atoms with van der Waals surface area (Å²) in [7, 11) is 0. The molecule has 0 N–H and O–H groups in total. The van der Waals surface area contributed by atoms with Crippen LogP contribution in [0.25, 0.3) is 0 Å². The second kappa shape index (κ2) is 8.72. The van der Waals surface area contributed by atoms with E-state index in [0.29, 0.717) is 25.1 Å². The Bertz CT molecular complexity index is 866. The van der Waals surface area contributed by atoms with Crippen LogP contribution in [0.5, 0.6) is 0 Å². The molecule has 1 atom stereocenters. The number of hydrogen-bond donors (Lipinski definition) is 0. The first-order chi connectivity index (χ1) is 14.5. The summed E-state index contributed by atoms with van der Waals surface area (Å²) >= 11 is 0. The maximum absolute atomic E-state index is 12.9. The first-order valence-corrected chi connectivity index (χ1v) is 10.1. The lowest BCUT2D eigenvalue weighted by Gasteiger charge is -2.37. The van der Waals surface area contributed by atoms with Crippen molar-refractivity contribution in [1.29, 1.82) is 0 Å². The number of benzene rings is 1. The van der Waals surface area contributed by atoms with Crippen LogP contribution >= 0.6 is 0 Å². The van der Waals surface area contributed by atoms with E-state index in [1.807, 2.05) is 13.8 Å². The average molecular weight is 442 g/mol. The summed E-state index contributed by atoms with van der Waals surface area (Å²) in [6.07, 6.45) is -4.49. The average Bonchev–Trinajstić information content (AvgIpc) is 3.06. The molecule has 1 aromatic carbocycles. The summed E-state index contributed by atoms with van der Waals surface area (Å²) in [6, 6.07) is 2.48. The first-order valence-electron chi connectivity index (χ1n) is 10.1. The van der Waals surface area contributed by atoms with E-state index in [1.165, 1.54) is 0 Å². The molecule has 8 nitrogen and oxygen atoms in total. The van der Waals surface area contributed by atoms with Crippen molar-refractivity contribution in [3.05, 3.63) is 33.9 Å². The molecule has 2 saturated heterocycles. The number of alkyl halides is 3. The summed E-state index contributed by atoms with van der Waals surface area (Å²) in [6.45, 7) is 6.08. The lowest BCUT2D eigenvalue weighted by atomic mass is 10.1. The van der Waals surface area contributed by atoms with Gasteiger partial charge in [0.1, 0.15) is 5.69 Å². The minimum atomic E-state index is -4.67. The van der Waals surface area contributed by atoms with Crippen LogP contribution in [-0.2, 0) is 15.8 Å². The normalized spacial score (nSPS) is 20.0. The van der Waals surface area contributed by atoms with Crippen LogP contribution in [0.2, 0.25) is 0 Å². The minimum absolute atomic E-state index is 0.0361. The lowest BCUT2D eigenvalue weighted by Crippen LogP contribution is -2.50. The molecule has 0 unspecified atom stereocenters. The molecular weight excluding hydrogens is 417 g/mol. The Morgan fingerprint density at radius 2 is 1.87 bits per heavy atom. The van der Waals surface area contributed by atoms with Gasteiger partial charge < -0.3 is 14.7 Å². The Morgan fingerprint density at radius 3 is 2.42 bits per heavy atom. The summed E-state index contributed by atoms with van der Waals surface area (Å²) in [5.74, 6) is -0.258. The van der Waals surface area contributed by atoms with Gasteiger partial charge in [-0.25, -0.2) is 0 Å². The maximum Gasteiger partial charge on any atom is 0.416 e. The fourth-order valence-electron chi connectivity index (χ4n) is 4.09. The lowest BCUT2D eigenvalue weighted by molar-refractivity contribution is -0.384. The number of carbonyl (C=O) groups is 2. The zero-order valence-corrected chi connectivity index (χ0v) is 17.4. The standard InChI is InChI=1S/C20H25F3N4O4/c1-13(2)11-26-12-14(9-18(26)28)19(29)25-7-5-24(6-8-25)16-4-3-15(20(21,22)23)10-17(16)27(30)31/h3-4,10,13-14H,5-9,11-12H2,1-2H3/t14-/m1/s1. The molecular formula is C20H25F3N4O4. The third-order valence-corrected chi connectivity index (χ3v) is 5.58. The molecule has 2 heterocycles. The molecule has 2 fully saturated rings. The van der Waals surface area contributed by atoms with Crippen molar-refractivity contribution in [1.82, 2.24) is 9.80 Å². The van der Waals surface area contributed by atoms with Crippen LogP contribution in [0, 0.1) is 22.0 Å². The fraction of sp³-hybridized carbons (Fsp3) is 0.600. The molecule has 170 valence electrons. The van der Waals surface area contributed by atoms with Crippen LogP contribution in [0.1, 0.15) is 25.8 Å². The molecule has 2 amide bonds. The van der Waals surface area contributed by atoms with E-state index in [1.54, 1.807) is 14.7 Å². The number of carbonyl (C=O) groups excluding carboxylic acids is 2. The number of anilines is 1. The highest BCUT2D eigenvalue weighted by molar-refractivity contribution is 5.89. The third kappa shape index (κ3) is 5.08. The Morgan fingerprint density at radius 1 is 1.23 bits per heavy atom. The predicted molar refractivity (Wildman–Crippen MR) is 106 cm³/mol. The van der Waals surface area contributed by atoms with Crippen molar-refractivity contribution in [2.45, 2.75) is 26.4 Å². The number of rotatable bonds is 5. The van der Waals surface area contributed by atoms with E-state index >= 15 is 0 Å². The van der Waals surface area contributed by atoms with Gasteiger partial charge in [0.15, 0.2) is 0 Å². The van der Waals surface area contributed by atoms with Gasteiger partial charge in [-0.1, -0.05) is 13.8 Å². The second-order valence-electron chi connectivity index (χ2n) is 8.36. The Balaban J connectivity index is 1.65. The molecule has 11 heteroatoms. The van der Waals surface area contributed by atoms with Gasteiger partial charge >= 0.3 is 6.18 Å². The van der Waals surface area contributed by atoms with Crippen LogP contribution in [0.4, 0.5) is 24.5 Å². The van der Waals surface area contributed by atoms with Crippen LogP contribution in [0.3, 0.4) is 0 Å². The van der Waals surface area contributed by atoms with Gasteiger partial charge in [0.2, 0.25) is 11.8 Å². The van der Waals surface area contributed by atoms with Crippen LogP contribution < -0.4 is 4.90 Å². The molecule has 0 aromatic heterocycles. The predicted octanol–water partition coefficient (Wildman–Crippen LogP) is 2.77. The van der Waals surface area contributed by atoms with Crippen molar-refractivity contribution in [2.24, 2.45) is 11.8 Å². The van der Waals surface area contributed by atoms with Crippen molar-refractivity contribution in [3.8, 4) is 0 Å². The van der Waals surface area contributed by atoms with E-state index in [0.717, 1.165) is 12.1 Å². The molecule has 2 aliphatic rings. The zero-order valence-electron chi connectivity index (χ0n) is 17.4. The van der Waals surface area contributed by atoms with Crippen molar-refractivity contribution in [2.75, 3.05) is 44.2 Å². The summed E-state index contributed by atoms with van der Waals surface area (Å²) in [5, 5.41) is 11.3. The first kappa shape index (κ1) is 22.8. The maximum atomic E-state index is 12.9. The molecule has 0 aliphatic carbocycles. The summed E-state index contributed by atoms with van der Waals surface area (Å²) < 4.78 is 38.7. The molecule has 2 aliphatic heterocycles. The van der Waals surface area contributed by atoms with Crippen molar-refractivity contribution < 1.29 is 27.7 Å². The van der Waals surface area contributed by atoms with Gasteiger partial charge in [-0.2, -0.15) is 13.2 Å². The van der Waals surface area contributed by atoms with Crippen LogP contribution in [0.15, 0.2) is 18.2 Å². The van der Waals surface area contributed by atoms with Gasteiger partial charge in [0, 0.05) is 51.8 Å². The van der Waals surface area contributed by atoms with Gasteiger partial charge in [-0.15, -0.1) is 0 Å². The van der Waals surface area contributed by atoms with Gasteiger partial charge in [-0.3, -0.25) is 19.7 Å². The number of nitrogens with zero attached hydrogens (tertiary/aromatic N) is 4. The Labute approximate surface area is 177 Å². The van der Waals surface area contributed by atoms with E-state index < -0.39 is 28.3 Å². The third-order valence-electron chi connectivity index (χ3n) is 5.58. The number of likely N-dealkylation sites (tertiary alicyclic amines) is 1. The van der Waals surface area contributed by atoms with Crippen LogP contribution in [-0.4, -0.2) is 65.8 Å². The summed E-state index contributed by atoms with van der Waals surface area (Å²) in [4.78, 5) is 40.5. The van der Waals surface area contributed by atoms with Gasteiger partial charge in [-0.05, 0) is 18.1 Å². The fourth-order valence-corrected chi connectivity index (χ4v) is 4.09. The Kier molecular flexibility index (Phi) is 6.42. The topological polar surface area (TPSA) is 87.0 Å². The number of amides is 2. The molecule has 1 aromatic rings. The Hall–Kier alpha value is -2.85. The molecule has 0 spiro atoms. The number of nitro groups is 1. The number of nitro benzene ring substituents is 1. The number of hydrogen-bond acceptors (Lipinski definition) is 5. The van der Waals surface area contributed by atoms with E-state index in [2.05, 4.69) is 0 Å². The van der Waals surface area contributed by atoms with Crippen molar-refractivity contribution >= 4 is 23.2 Å². The largest absolute Gasteiger partial charge is 0.416 e. The van der Waals surface area contributed by atoms with E-state index in [-0.39, 0.29) is 50.1 Å². The molecule has 31 heavy (non-hydrogen) atoms. The zero-order chi connectivity index (χ0) is 22.9. The smallest absolute Gasteiger partial charge is 0.362 e. The number of halogens is 3. The molecule has 3 rings (SSSR count). The molecule has 0 radical (unpaired) electrons. The van der Waals surface area contributed by atoms with Gasteiger partial charge in [0.05, 0.1) is 16.4 Å². The van der Waals surface area contributed by atoms with E-state index in [9.17, 15) is 32.9 Å². The second-order valence-corrected chi connectivity index (χ2v) is 8.36. The van der Waals surface area contributed by atoms with E-state index in [4.69, 9.17) is 0 Å². The summed E-state index contributed by atoms with van der Waals surface area (Å²) in [5.41, 5.74) is -1.59. The SMILES string of the molecule is CC(C)CN1C[C@H](C(=O)N2CCN(c3ccc(C(F)(F)F)cc3[N+](=O)[O-])CC2)CC1=O. The number of piperazine rings is 1. The quantitative estimate of drug-likeness (QED) is 0.517. The highest BCUT2D eigenvalue weighted by atomic mass is 19.4. The monoisotopic (exact) mass is 442 g/mol. The highest BCUT2D eigenvalue weighted by Crippen LogP contribution is 2.37. The van der Waals surface area contributed by atoms with Gasteiger partial charge in [0.25, 0.3) is 5.69 Å². The highest BCUT2D eigenvalue weighted by Gasteiger charge is 2.38. The molecule has 0 bridgehead atoms. The van der Waals surface area contributed by atoms with Crippen molar-refractivity contribution in [3.63, 3.8) is 0 Å². The minimum Gasteiger partial charge on any atom is -0.362 e. The molecule has 0 saturated carbocycles.